The highest BCUT2D eigenvalue weighted by Gasteiger charge is 2.30. The first-order valence-corrected chi connectivity index (χ1v) is 7.42. The van der Waals surface area contributed by atoms with E-state index in [2.05, 4.69) is 4.90 Å². The lowest BCUT2D eigenvalue weighted by molar-refractivity contribution is 0.173. The average Bonchev–Trinajstić information content (AvgIpc) is 2.56. The van der Waals surface area contributed by atoms with Crippen LogP contribution in [0.5, 0.6) is 0 Å². The van der Waals surface area contributed by atoms with Crippen molar-refractivity contribution in [3.8, 4) is 0 Å². The van der Waals surface area contributed by atoms with Crippen LogP contribution in [0, 0.1) is 0 Å². The monoisotopic (exact) mass is 250 g/mol. The Hall–Kier alpha value is -0.170. The first-order valence-electron chi connectivity index (χ1n) is 5.60. The molecule has 16 heavy (non-hydrogen) atoms. The number of nitrogens with two attached hydrogens (primary N) is 1. The van der Waals surface area contributed by atoms with E-state index in [9.17, 15) is 8.42 Å². The van der Waals surface area contributed by atoms with Gasteiger partial charge in [-0.1, -0.05) is 0 Å². The van der Waals surface area contributed by atoms with Gasteiger partial charge >= 0.3 is 0 Å². The number of likely N-dealkylation sites (N-methyl/N-ethyl adjacent to an activating group) is 1. The lowest BCUT2D eigenvalue weighted by Crippen LogP contribution is -2.42. The summed E-state index contributed by atoms with van der Waals surface area (Å²) in [6.45, 7) is 1.38. The number of nitrogens with zero attached hydrogens (tertiary/aromatic N) is 1. The molecule has 0 aromatic rings. The minimum Gasteiger partial charge on any atom is -0.385 e. The summed E-state index contributed by atoms with van der Waals surface area (Å²) in [5, 5.41) is 0. The van der Waals surface area contributed by atoms with Gasteiger partial charge in [0.25, 0.3) is 0 Å². The maximum absolute atomic E-state index is 11.3. The fourth-order valence-corrected chi connectivity index (χ4v) is 3.81. The van der Waals surface area contributed by atoms with Crippen molar-refractivity contribution in [2.24, 2.45) is 5.73 Å². The topological polar surface area (TPSA) is 72.6 Å². The molecule has 5 nitrogen and oxygen atoms in total. The van der Waals surface area contributed by atoms with Gasteiger partial charge < -0.3 is 15.4 Å². The molecule has 1 saturated heterocycles. The minimum absolute atomic E-state index is 0.0493. The smallest absolute Gasteiger partial charge is 0.151 e. The Kier molecular flexibility index (Phi) is 5.17. The van der Waals surface area contributed by atoms with Gasteiger partial charge in [-0.05, 0) is 19.9 Å². The lowest BCUT2D eigenvalue weighted by Gasteiger charge is -2.26. The molecule has 1 rings (SSSR count). The largest absolute Gasteiger partial charge is 0.385 e. The summed E-state index contributed by atoms with van der Waals surface area (Å²) in [6, 6.07) is 0.187. The lowest BCUT2D eigenvalue weighted by atomic mass is 10.1. The van der Waals surface area contributed by atoms with E-state index in [1.165, 1.54) is 0 Å². The van der Waals surface area contributed by atoms with Crippen LogP contribution in [0.15, 0.2) is 0 Å². The maximum atomic E-state index is 11.3. The van der Waals surface area contributed by atoms with E-state index in [1.54, 1.807) is 7.11 Å². The SMILES string of the molecule is COCCC(N)CN(C)C1CCS(=O)(=O)C1. The summed E-state index contributed by atoms with van der Waals surface area (Å²) in [5.74, 6) is 0.593. The van der Waals surface area contributed by atoms with Gasteiger partial charge in [0.1, 0.15) is 0 Å². The zero-order valence-corrected chi connectivity index (χ0v) is 10.9. The Morgan fingerprint density at radius 2 is 2.25 bits per heavy atom. The van der Waals surface area contributed by atoms with Gasteiger partial charge in [0, 0.05) is 32.3 Å². The molecule has 2 unspecified atom stereocenters. The molecule has 1 aliphatic rings. The Bertz CT molecular complexity index is 305. The van der Waals surface area contributed by atoms with Crippen LogP contribution in [0.2, 0.25) is 0 Å². The van der Waals surface area contributed by atoms with Gasteiger partial charge in [-0.25, -0.2) is 8.42 Å². The van der Waals surface area contributed by atoms with E-state index in [1.807, 2.05) is 7.05 Å². The molecule has 0 spiro atoms. The predicted molar refractivity (Wildman–Crippen MR) is 64.2 cm³/mol. The fraction of sp³-hybridized carbons (Fsp3) is 1.00. The molecule has 1 heterocycles. The van der Waals surface area contributed by atoms with Crippen molar-refractivity contribution < 1.29 is 13.2 Å². The third kappa shape index (κ3) is 4.37. The number of methoxy groups -OCH3 is 1. The molecule has 2 N–H and O–H groups in total. The van der Waals surface area contributed by atoms with E-state index < -0.39 is 9.84 Å². The van der Waals surface area contributed by atoms with Crippen LogP contribution >= 0.6 is 0 Å². The van der Waals surface area contributed by atoms with Crippen LogP contribution in [0.4, 0.5) is 0 Å². The molecule has 6 heteroatoms. The third-order valence-electron chi connectivity index (χ3n) is 3.05. The number of hydrogen-bond acceptors (Lipinski definition) is 5. The zero-order chi connectivity index (χ0) is 12.2. The van der Waals surface area contributed by atoms with Gasteiger partial charge in [0.15, 0.2) is 9.84 Å². The first kappa shape index (κ1) is 13.9. The molecule has 1 fully saturated rings. The Morgan fingerprint density at radius 3 is 2.75 bits per heavy atom. The highest BCUT2D eigenvalue weighted by molar-refractivity contribution is 7.91. The van der Waals surface area contributed by atoms with Gasteiger partial charge in [-0.2, -0.15) is 0 Å². The molecule has 0 amide bonds. The van der Waals surface area contributed by atoms with Crippen molar-refractivity contribution in [2.75, 3.05) is 38.8 Å². The van der Waals surface area contributed by atoms with Crippen LogP contribution in [-0.2, 0) is 14.6 Å². The molecular weight excluding hydrogens is 228 g/mol. The summed E-state index contributed by atoms with van der Waals surface area (Å²) in [6.07, 6.45) is 1.54. The van der Waals surface area contributed by atoms with Gasteiger partial charge in [-0.3, -0.25) is 0 Å². The maximum Gasteiger partial charge on any atom is 0.151 e. The van der Waals surface area contributed by atoms with Crippen molar-refractivity contribution in [3.63, 3.8) is 0 Å². The van der Waals surface area contributed by atoms with Crippen LogP contribution in [0.25, 0.3) is 0 Å². The second kappa shape index (κ2) is 5.95. The number of hydrogen-bond donors (Lipinski definition) is 1. The summed E-state index contributed by atoms with van der Waals surface area (Å²) in [5.41, 5.74) is 5.92. The summed E-state index contributed by atoms with van der Waals surface area (Å²) in [4.78, 5) is 2.06. The average molecular weight is 250 g/mol. The number of ether oxygens (including phenoxy) is 1. The van der Waals surface area contributed by atoms with E-state index in [-0.39, 0.29) is 17.8 Å². The van der Waals surface area contributed by atoms with Crippen molar-refractivity contribution in [1.82, 2.24) is 4.90 Å². The van der Waals surface area contributed by atoms with Gasteiger partial charge in [0.05, 0.1) is 11.5 Å². The van der Waals surface area contributed by atoms with Crippen molar-refractivity contribution in [2.45, 2.75) is 24.9 Å². The van der Waals surface area contributed by atoms with E-state index >= 15 is 0 Å². The Balaban J connectivity index is 2.33. The van der Waals surface area contributed by atoms with Crippen LogP contribution in [0.1, 0.15) is 12.8 Å². The molecule has 0 aromatic carbocycles. The predicted octanol–water partition coefficient (Wildman–Crippen LogP) is -0.531. The first-order chi connectivity index (χ1) is 7.44. The zero-order valence-electron chi connectivity index (χ0n) is 10.1. The molecular formula is C10H22N2O3S. The Morgan fingerprint density at radius 1 is 1.56 bits per heavy atom. The highest BCUT2D eigenvalue weighted by atomic mass is 32.2. The second-order valence-electron chi connectivity index (χ2n) is 4.54. The molecule has 96 valence electrons. The highest BCUT2D eigenvalue weighted by Crippen LogP contribution is 2.16. The molecule has 0 saturated carbocycles. The fourth-order valence-electron chi connectivity index (χ4n) is 2.00. The van der Waals surface area contributed by atoms with E-state index in [0.717, 1.165) is 19.4 Å². The van der Waals surface area contributed by atoms with E-state index in [4.69, 9.17) is 10.5 Å². The third-order valence-corrected chi connectivity index (χ3v) is 4.80. The molecule has 0 aliphatic carbocycles. The summed E-state index contributed by atoms with van der Waals surface area (Å²) in [7, 11) is 0.795. The molecule has 1 aliphatic heterocycles. The second-order valence-corrected chi connectivity index (χ2v) is 6.77. The number of sulfone groups is 1. The molecule has 0 aromatic heterocycles. The Labute approximate surface area is 97.9 Å². The summed E-state index contributed by atoms with van der Waals surface area (Å²) >= 11 is 0. The molecule has 2 atom stereocenters. The van der Waals surface area contributed by atoms with Crippen LogP contribution < -0.4 is 5.73 Å². The normalized spacial score (nSPS) is 26.1. The summed E-state index contributed by atoms with van der Waals surface area (Å²) < 4.78 is 27.6. The van der Waals surface area contributed by atoms with Crippen molar-refractivity contribution >= 4 is 9.84 Å². The van der Waals surface area contributed by atoms with Crippen LogP contribution in [0.3, 0.4) is 0 Å². The van der Waals surface area contributed by atoms with Crippen molar-refractivity contribution in [3.05, 3.63) is 0 Å². The van der Waals surface area contributed by atoms with Crippen LogP contribution in [-0.4, -0.2) is 64.2 Å². The van der Waals surface area contributed by atoms with E-state index in [0.29, 0.717) is 12.4 Å². The molecule has 0 radical (unpaired) electrons. The van der Waals surface area contributed by atoms with Gasteiger partial charge in [0.2, 0.25) is 0 Å². The molecule has 0 bridgehead atoms. The quantitative estimate of drug-likeness (QED) is 0.686. The van der Waals surface area contributed by atoms with Crippen molar-refractivity contribution in [1.29, 1.82) is 0 Å². The minimum atomic E-state index is -2.80. The van der Waals surface area contributed by atoms with Gasteiger partial charge in [-0.15, -0.1) is 0 Å². The standard InChI is InChI=1S/C10H22N2O3S/c1-12(7-9(11)3-5-15-2)10-4-6-16(13,14)8-10/h9-10H,3-8,11H2,1-2H3. The number of rotatable bonds is 6.